The zero-order chi connectivity index (χ0) is 20.4. The third kappa shape index (κ3) is 3.95. The second-order valence-corrected chi connectivity index (χ2v) is 6.90. The molecule has 1 aromatic carbocycles. The predicted octanol–water partition coefficient (Wildman–Crippen LogP) is 0.534. The number of carbonyl (C=O) groups excluding carboxylic acids is 3. The Hall–Kier alpha value is -3.33. The Labute approximate surface area is 167 Å². The summed E-state index contributed by atoms with van der Waals surface area (Å²) in [6.07, 6.45) is 0. The van der Waals surface area contributed by atoms with Crippen LogP contribution >= 0.6 is 0 Å². The second kappa shape index (κ2) is 7.96. The number of ether oxygens (including phenoxy) is 1. The number of hydrogen-bond donors (Lipinski definition) is 1. The molecule has 0 bridgehead atoms. The highest BCUT2D eigenvalue weighted by Gasteiger charge is 2.36. The number of amides is 3. The van der Waals surface area contributed by atoms with E-state index in [1.54, 1.807) is 24.3 Å². The number of carbonyl (C=O) groups is 3. The van der Waals surface area contributed by atoms with Gasteiger partial charge in [0.1, 0.15) is 18.2 Å². The maximum atomic E-state index is 12.4. The number of aromatic nitrogens is 2. The number of morpholine rings is 1. The molecule has 0 unspecified atom stereocenters. The molecule has 3 heterocycles. The number of nitrogens with one attached hydrogen (secondary N) is 1. The van der Waals surface area contributed by atoms with Crippen LogP contribution < -0.4 is 10.2 Å². The van der Waals surface area contributed by atoms with Crippen LogP contribution in [0.25, 0.3) is 0 Å². The summed E-state index contributed by atoms with van der Waals surface area (Å²) >= 11 is 0. The molecule has 0 radical (unpaired) electrons. The van der Waals surface area contributed by atoms with Crippen LogP contribution in [0.5, 0.6) is 0 Å². The van der Waals surface area contributed by atoms with E-state index in [4.69, 9.17) is 4.74 Å². The monoisotopic (exact) mass is 395 g/mol. The van der Waals surface area contributed by atoms with Crippen molar-refractivity contribution in [3.8, 4) is 0 Å². The molecule has 0 atom stereocenters. The van der Waals surface area contributed by atoms with Crippen LogP contribution in [-0.2, 0) is 16.1 Å². The molecule has 3 amide bonds. The molecule has 2 aliphatic rings. The lowest BCUT2D eigenvalue weighted by molar-refractivity contribution is -0.121. The Bertz CT molecular complexity index is 936. The second-order valence-electron chi connectivity index (χ2n) is 6.90. The molecule has 1 N–H and O–H groups in total. The summed E-state index contributed by atoms with van der Waals surface area (Å²) in [6.45, 7) is 4.44. The zero-order valence-corrected chi connectivity index (χ0v) is 16.1. The highest BCUT2D eigenvalue weighted by molar-refractivity contribution is 6.22. The SMILES string of the molecule is Cc1cc(N2CCOCC2)nc(CNC(=O)CN2C(=O)c3ccccc3C2=O)n1. The van der Waals surface area contributed by atoms with Gasteiger partial charge in [-0.3, -0.25) is 19.3 Å². The average molecular weight is 395 g/mol. The molecule has 150 valence electrons. The minimum Gasteiger partial charge on any atom is -0.378 e. The van der Waals surface area contributed by atoms with Crippen LogP contribution in [0.2, 0.25) is 0 Å². The van der Waals surface area contributed by atoms with Crippen LogP contribution in [0.4, 0.5) is 5.82 Å². The molecule has 0 spiro atoms. The smallest absolute Gasteiger partial charge is 0.262 e. The number of benzene rings is 1. The molecular formula is C20H21N5O4. The van der Waals surface area contributed by atoms with Gasteiger partial charge in [-0.15, -0.1) is 0 Å². The lowest BCUT2D eigenvalue weighted by Gasteiger charge is -2.28. The van der Waals surface area contributed by atoms with E-state index in [9.17, 15) is 14.4 Å². The van der Waals surface area contributed by atoms with E-state index in [1.807, 2.05) is 13.0 Å². The van der Waals surface area contributed by atoms with Crippen LogP contribution in [-0.4, -0.2) is 65.4 Å². The highest BCUT2D eigenvalue weighted by atomic mass is 16.5. The van der Waals surface area contributed by atoms with E-state index in [-0.39, 0.29) is 13.1 Å². The van der Waals surface area contributed by atoms with E-state index >= 15 is 0 Å². The summed E-state index contributed by atoms with van der Waals surface area (Å²) in [4.78, 5) is 49.0. The van der Waals surface area contributed by atoms with Gasteiger partial charge in [0, 0.05) is 24.8 Å². The number of rotatable bonds is 5. The summed E-state index contributed by atoms with van der Waals surface area (Å²) in [5, 5.41) is 2.70. The third-order valence-corrected chi connectivity index (χ3v) is 4.85. The molecule has 2 aliphatic heterocycles. The van der Waals surface area contributed by atoms with Gasteiger partial charge in [0.2, 0.25) is 5.91 Å². The first-order valence-corrected chi connectivity index (χ1v) is 9.42. The van der Waals surface area contributed by atoms with Crippen molar-refractivity contribution < 1.29 is 19.1 Å². The summed E-state index contributed by atoms with van der Waals surface area (Å²) in [5.41, 5.74) is 1.44. The number of anilines is 1. The Kier molecular flexibility index (Phi) is 5.22. The normalized spacial score (nSPS) is 16.2. The van der Waals surface area contributed by atoms with E-state index in [2.05, 4.69) is 20.2 Å². The minimum absolute atomic E-state index is 0.112. The molecule has 29 heavy (non-hydrogen) atoms. The van der Waals surface area contributed by atoms with Gasteiger partial charge in [0.05, 0.1) is 30.9 Å². The van der Waals surface area contributed by atoms with Crippen molar-refractivity contribution in [2.45, 2.75) is 13.5 Å². The standard InChI is InChI=1S/C20H21N5O4/c1-13-10-17(24-6-8-29-9-7-24)23-16(22-13)11-21-18(26)12-25-19(27)14-4-2-3-5-15(14)20(25)28/h2-5,10H,6-9,11-12H2,1H3,(H,21,26). The van der Waals surface area contributed by atoms with Crippen molar-refractivity contribution in [3.63, 3.8) is 0 Å². The Balaban J connectivity index is 1.38. The van der Waals surface area contributed by atoms with E-state index in [1.165, 1.54) is 0 Å². The molecule has 4 rings (SSSR count). The quantitative estimate of drug-likeness (QED) is 0.737. The summed E-state index contributed by atoms with van der Waals surface area (Å²) in [5.74, 6) is -0.0885. The lowest BCUT2D eigenvalue weighted by Crippen LogP contribution is -2.40. The van der Waals surface area contributed by atoms with Crippen molar-refractivity contribution in [2.24, 2.45) is 0 Å². The number of aryl methyl sites for hydroxylation is 1. The Morgan fingerprint density at radius 2 is 1.76 bits per heavy atom. The molecule has 1 saturated heterocycles. The van der Waals surface area contributed by atoms with Crippen LogP contribution in [0, 0.1) is 6.92 Å². The van der Waals surface area contributed by atoms with Crippen molar-refractivity contribution in [3.05, 3.63) is 53.0 Å². The van der Waals surface area contributed by atoms with E-state index in [0.717, 1.165) is 29.5 Å². The summed E-state index contributed by atoms with van der Waals surface area (Å²) < 4.78 is 5.36. The first-order chi connectivity index (χ1) is 14.0. The number of imide groups is 1. The van der Waals surface area contributed by atoms with Gasteiger partial charge in [-0.2, -0.15) is 0 Å². The fraction of sp³-hybridized carbons (Fsp3) is 0.350. The van der Waals surface area contributed by atoms with Crippen molar-refractivity contribution in [1.29, 1.82) is 0 Å². The minimum atomic E-state index is -0.456. The van der Waals surface area contributed by atoms with Gasteiger partial charge in [-0.1, -0.05) is 12.1 Å². The summed E-state index contributed by atoms with van der Waals surface area (Å²) in [6, 6.07) is 8.45. The molecule has 9 nitrogen and oxygen atoms in total. The predicted molar refractivity (Wildman–Crippen MR) is 103 cm³/mol. The molecule has 0 aliphatic carbocycles. The maximum absolute atomic E-state index is 12.4. The average Bonchev–Trinajstić information content (AvgIpc) is 2.98. The van der Waals surface area contributed by atoms with Gasteiger partial charge in [0.25, 0.3) is 11.8 Å². The fourth-order valence-corrected chi connectivity index (χ4v) is 3.41. The van der Waals surface area contributed by atoms with Gasteiger partial charge in [-0.25, -0.2) is 9.97 Å². The molecule has 9 heteroatoms. The lowest BCUT2D eigenvalue weighted by atomic mass is 10.1. The van der Waals surface area contributed by atoms with Crippen LogP contribution in [0.1, 0.15) is 32.2 Å². The van der Waals surface area contributed by atoms with E-state index in [0.29, 0.717) is 30.2 Å². The largest absolute Gasteiger partial charge is 0.378 e. The van der Waals surface area contributed by atoms with Crippen LogP contribution in [0.15, 0.2) is 30.3 Å². The summed E-state index contributed by atoms with van der Waals surface area (Å²) in [7, 11) is 0. The third-order valence-electron chi connectivity index (χ3n) is 4.85. The first-order valence-electron chi connectivity index (χ1n) is 9.42. The van der Waals surface area contributed by atoms with Crippen molar-refractivity contribution >= 4 is 23.5 Å². The Morgan fingerprint density at radius 1 is 1.10 bits per heavy atom. The topological polar surface area (TPSA) is 105 Å². The van der Waals surface area contributed by atoms with Gasteiger partial charge in [0.15, 0.2) is 0 Å². The van der Waals surface area contributed by atoms with Crippen LogP contribution in [0.3, 0.4) is 0 Å². The molecule has 1 aromatic heterocycles. The first kappa shape index (κ1) is 19.0. The number of nitrogens with zero attached hydrogens (tertiary/aromatic N) is 4. The highest BCUT2D eigenvalue weighted by Crippen LogP contribution is 2.22. The molecule has 0 saturated carbocycles. The van der Waals surface area contributed by atoms with E-state index < -0.39 is 17.7 Å². The zero-order valence-electron chi connectivity index (χ0n) is 16.1. The fourth-order valence-electron chi connectivity index (χ4n) is 3.41. The number of fused-ring (bicyclic) bond motifs is 1. The van der Waals surface area contributed by atoms with Crippen molar-refractivity contribution in [1.82, 2.24) is 20.2 Å². The van der Waals surface area contributed by atoms with Crippen molar-refractivity contribution in [2.75, 3.05) is 37.7 Å². The van der Waals surface area contributed by atoms with Gasteiger partial charge in [-0.05, 0) is 19.1 Å². The van der Waals surface area contributed by atoms with Gasteiger partial charge < -0.3 is 15.0 Å². The van der Waals surface area contributed by atoms with Gasteiger partial charge >= 0.3 is 0 Å². The maximum Gasteiger partial charge on any atom is 0.262 e. The molecule has 1 fully saturated rings. The Morgan fingerprint density at radius 3 is 2.41 bits per heavy atom. The molecular weight excluding hydrogens is 374 g/mol. The molecule has 2 aromatic rings. The number of hydrogen-bond acceptors (Lipinski definition) is 7.